The third-order valence-electron chi connectivity index (χ3n) is 3.91. The van der Waals surface area contributed by atoms with E-state index in [1.165, 1.54) is 0 Å². The van der Waals surface area contributed by atoms with Crippen LogP contribution < -0.4 is 5.32 Å². The summed E-state index contributed by atoms with van der Waals surface area (Å²) in [5, 5.41) is 11.5. The highest BCUT2D eigenvalue weighted by molar-refractivity contribution is 5.78. The first-order chi connectivity index (χ1) is 10.1. The highest BCUT2D eigenvalue weighted by Crippen LogP contribution is 2.19. The predicted molar refractivity (Wildman–Crippen MR) is 79.8 cm³/mol. The van der Waals surface area contributed by atoms with Crippen LogP contribution in [0.3, 0.4) is 0 Å². The number of piperidine rings is 1. The maximum Gasteiger partial charge on any atom is 0.307 e. The molecular weight excluding hydrogens is 268 g/mol. The second-order valence-corrected chi connectivity index (χ2v) is 5.58. The van der Waals surface area contributed by atoms with Crippen molar-refractivity contribution in [1.82, 2.24) is 10.2 Å². The first-order valence-corrected chi connectivity index (χ1v) is 7.32. The van der Waals surface area contributed by atoms with Crippen LogP contribution in [0.1, 0.15) is 24.0 Å². The number of carboxylic acid groups (broad SMARTS) is 1. The zero-order valence-corrected chi connectivity index (χ0v) is 12.3. The minimum Gasteiger partial charge on any atom is -0.481 e. The molecule has 0 spiro atoms. The molecule has 2 rings (SSSR count). The topological polar surface area (TPSA) is 69.6 Å². The van der Waals surface area contributed by atoms with Gasteiger partial charge in [0.2, 0.25) is 5.91 Å². The molecule has 1 aromatic rings. The summed E-state index contributed by atoms with van der Waals surface area (Å²) in [7, 11) is 1.68. The van der Waals surface area contributed by atoms with Gasteiger partial charge >= 0.3 is 5.97 Å². The zero-order chi connectivity index (χ0) is 15.2. The predicted octanol–water partition coefficient (Wildman–Crippen LogP) is 1.27. The quantitative estimate of drug-likeness (QED) is 0.857. The number of rotatable bonds is 5. The zero-order valence-electron chi connectivity index (χ0n) is 12.3. The van der Waals surface area contributed by atoms with E-state index in [4.69, 9.17) is 5.11 Å². The molecule has 1 unspecified atom stereocenters. The molecule has 1 aromatic carbocycles. The smallest absolute Gasteiger partial charge is 0.307 e. The number of nitrogens with one attached hydrogen (secondary N) is 1. The third kappa shape index (κ3) is 4.56. The molecule has 1 aliphatic rings. The number of carbonyl (C=O) groups excluding carboxylic acids is 1. The van der Waals surface area contributed by atoms with E-state index in [1.54, 1.807) is 7.05 Å². The Bertz CT molecular complexity index is 499. The molecule has 1 fully saturated rings. The van der Waals surface area contributed by atoms with E-state index >= 15 is 0 Å². The van der Waals surface area contributed by atoms with Crippen molar-refractivity contribution in [2.24, 2.45) is 5.92 Å². The first-order valence-electron chi connectivity index (χ1n) is 7.32. The number of carbonyl (C=O) groups is 2. The van der Waals surface area contributed by atoms with Crippen molar-refractivity contribution in [2.45, 2.75) is 25.8 Å². The molecule has 0 bridgehead atoms. The lowest BCUT2D eigenvalue weighted by Gasteiger charge is -2.31. The SMILES string of the molecule is CNC(=O)C1CCCN(Cc2ccc(CC(=O)O)cc2)C1. The maximum absolute atomic E-state index is 11.7. The van der Waals surface area contributed by atoms with Crippen molar-refractivity contribution >= 4 is 11.9 Å². The Balaban J connectivity index is 1.91. The fourth-order valence-corrected chi connectivity index (χ4v) is 2.81. The van der Waals surface area contributed by atoms with Gasteiger partial charge in [-0.05, 0) is 30.5 Å². The fourth-order valence-electron chi connectivity index (χ4n) is 2.81. The van der Waals surface area contributed by atoms with Gasteiger partial charge in [-0.1, -0.05) is 24.3 Å². The van der Waals surface area contributed by atoms with Crippen LogP contribution in [0.25, 0.3) is 0 Å². The first kappa shape index (κ1) is 15.5. The molecule has 5 nitrogen and oxygen atoms in total. The molecule has 21 heavy (non-hydrogen) atoms. The van der Waals surface area contributed by atoms with E-state index in [-0.39, 0.29) is 18.2 Å². The lowest BCUT2D eigenvalue weighted by atomic mass is 9.96. The Morgan fingerprint density at radius 1 is 1.29 bits per heavy atom. The van der Waals surface area contributed by atoms with E-state index in [1.807, 2.05) is 24.3 Å². The minimum absolute atomic E-state index is 0.0583. The average molecular weight is 290 g/mol. The summed E-state index contributed by atoms with van der Waals surface area (Å²) in [6.45, 7) is 2.60. The standard InChI is InChI=1S/C16H22N2O3/c1-17-16(21)14-3-2-8-18(11-14)10-13-6-4-12(5-7-13)9-15(19)20/h4-7,14H,2-3,8-11H2,1H3,(H,17,21)(H,19,20). The Hall–Kier alpha value is -1.88. The van der Waals surface area contributed by atoms with Crippen molar-refractivity contribution in [3.05, 3.63) is 35.4 Å². The lowest BCUT2D eigenvalue weighted by Crippen LogP contribution is -2.41. The molecule has 1 heterocycles. The van der Waals surface area contributed by atoms with Crippen LogP contribution in [-0.2, 0) is 22.6 Å². The van der Waals surface area contributed by atoms with Crippen molar-refractivity contribution in [3.63, 3.8) is 0 Å². The summed E-state index contributed by atoms with van der Waals surface area (Å²) < 4.78 is 0. The van der Waals surface area contributed by atoms with Gasteiger partial charge in [0.25, 0.3) is 0 Å². The molecule has 1 atom stereocenters. The molecule has 1 amide bonds. The number of benzene rings is 1. The summed E-state index contributed by atoms with van der Waals surface area (Å²) >= 11 is 0. The van der Waals surface area contributed by atoms with Crippen molar-refractivity contribution in [2.75, 3.05) is 20.1 Å². The van der Waals surface area contributed by atoms with E-state index in [9.17, 15) is 9.59 Å². The molecule has 0 aromatic heterocycles. The fraction of sp³-hybridized carbons (Fsp3) is 0.500. The van der Waals surface area contributed by atoms with Crippen LogP contribution in [0.15, 0.2) is 24.3 Å². The average Bonchev–Trinajstić information content (AvgIpc) is 2.48. The Morgan fingerprint density at radius 3 is 2.57 bits per heavy atom. The molecule has 114 valence electrons. The van der Waals surface area contributed by atoms with Gasteiger partial charge in [0.05, 0.1) is 12.3 Å². The van der Waals surface area contributed by atoms with E-state index < -0.39 is 5.97 Å². The Labute approximate surface area is 125 Å². The summed E-state index contributed by atoms with van der Waals surface area (Å²) in [4.78, 5) is 24.7. The number of hydrogen-bond acceptors (Lipinski definition) is 3. The Morgan fingerprint density at radius 2 is 1.95 bits per heavy atom. The van der Waals surface area contributed by atoms with Gasteiger partial charge in [0, 0.05) is 20.1 Å². The lowest BCUT2D eigenvalue weighted by molar-refractivity contribution is -0.136. The second-order valence-electron chi connectivity index (χ2n) is 5.58. The molecule has 0 saturated carbocycles. The summed E-state index contributed by atoms with van der Waals surface area (Å²) in [6, 6.07) is 7.68. The maximum atomic E-state index is 11.7. The molecule has 5 heteroatoms. The Kier molecular flexibility index (Phi) is 5.33. The van der Waals surface area contributed by atoms with Crippen LogP contribution in [0.4, 0.5) is 0 Å². The number of nitrogens with zero attached hydrogens (tertiary/aromatic N) is 1. The normalized spacial score (nSPS) is 19.2. The van der Waals surface area contributed by atoms with Gasteiger partial charge in [0.1, 0.15) is 0 Å². The molecule has 1 saturated heterocycles. The molecule has 1 aliphatic heterocycles. The van der Waals surface area contributed by atoms with Gasteiger partial charge in [0.15, 0.2) is 0 Å². The highest BCUT2D eigenvalue weighted by atomic mass is 16.4. The van der Waals surface area contributed by atoms with Crippen LogP contribution in [0.2, 0.25) is 0 Å². The van der Waals surface area contributed by atoms with Gasteiger partial charge in [-0.3, -0.25) is 14.5 Å². The van der Waals surface area contributed by atoms with Gasteiger partial charge < -0.3 is 10.4 Å². The number of aliphatic carboxylic acids is 1. The molecular formula is C16H22N2O3. The van der Waals surface area contributed by atoms with Gasteiger partial charge in [-0.2, -0.15) is 0 Å². The van der Waals surface area contributed by atoms with E-state index in [0.29, 0.717) is 0 Å². The molecule has 0 aliphatic carbocycles. The van der Waals surface area contributed by atoms with Crippen molar-refractivity contribution < 1.29 is 14.7 Å². The largest absolute Gasteiger partial charge is 0.481 e. The monoisotopic (exact) mass is 290 g/mol. The summed E-state index contributed by atoms with van der Waals surface area (Å²) in [6.07, 6.45) is 2.05. The number of likely N-dealkylation sites (tertiary alicyclic amines) is 1. The van der Waals surface area contributed by atoms with Gasteiger partial charge in [-0.25, -0.2) is 0 Å². The summed E-state index contributed by atoms with van der Waals surface area (Å²) in [5.41, 5.74) is 1.97. The van der Waals surface area contributed by atoms with Crippen molar-refractivity contribution in [1.29, 1.82) is 0 Å². The third-order valence-corrected chi connectivity index (χ3v) is 3.91. The van der Waals surface area contributed by atoms with Gasteiger partial charge in [-0.15, -0.1) is 0 Å². The van der Waals surface area contributed by atoms with Crippen molar-refractivity contribution in [3.8, 4) is 0 Å². The highest BCUT2D eigenvalue weighted by Gasteiger charge is 2.24. The number of amides is 1. The van der Waals surface area contributed by atoms with Crippen LogP contribution >= 0.6 is 0 Å². The number of carboxylic acids is 1. The molecule has 0 radical (unpaired) electrons. The molecule has 2 N–H and O–H groups in total. The van der Waals surface area contributed by atoms with E-state index in [2.05, 4.69) is 10.2 Å². The minimum atomic E-state index is -0.813. The van der Waals surface area contributed by atoms with Crippen LogP contribution in [0.5, 0.6) is 0 Å². The van der Waals surface area contributed by atoms with E-state index in [0.717, 1.165) is 43.6 Å². The van der Waals surface area contributed by atoms with Crippen LogP contribution in [-0.4, -0.2) is 42.0 Å². The van der Waals surface area contributed by atoms with Crippen LogP contribution in [0, 0.1) is 5.92 Å². The summed E-state index contributed by atoms with van der Waals surface area (Å²) in [5.74, 6) is -0.612. The number of hydrogen-bond donors (Lipinski definition) is 2. The second kappa shape index (κ2) is 7.22.